The molecule has 2 unspecified atom stereocenters. The van der Waals surface area contributed by atoms with Crippen molar-refractivity contribution in [3.63, 3.8) is 0 Å². The molecule has 0 saturated carbocycles. The first-order chi connectivity index (χ1) is 8.02. The number of hydrogen-bond donors (Lipinski definition) is 1. The highest BCUT2D eigenvalue weighted by Crippen LogP contribution is 2.29. The smallest absolute Gasteiger partial charge is 0.168 e. The number of nitrogens with zero attached hydrogens (tertiary/aromatic N) is 2. The second-order valence-electron chi connectivity index (χ2n) is 4.73. The summed E-state index contributed by atoms with van der Waals surface area (Å²) in [6.07, 6.45) is 0. The first-order valence-electron chi connectivity index (χ1n) is 5.81. The minimum atomic E-state index is -0.658. The Balaban J connectivity index is 2.33. The van der Waals surface area contributed by atoms with Crippen molar-refractivity contribution in [3.8, 4) is 0 Å². The number of pyridine rings is 1. The summed E-state index contributed by atoms with van der Waals surface area (Å²) in [6.45, 7) is 5.79. The zero-order valence-electron chi connectivity index (χ0n) is 10.3. The molecule has 0 aliphatic carbocycles. The minimum Gasteiger partial charge on any atom is -0.371 e. The van der Waals surface area contributed by atoms with Crippen molar-refractivity contribution in [3.05, 3.63) is 17.7 Å². The van der Waals surface area contributed by atoms with Crippen LogP contribution >= 0.6 is 0 Å². The fraction of sp³-hybridized carbons (Fsp3) is 0.583. The van der Waals surface area contributed by atoms with E-state index in [4.69, 9.17) is 0 Å². The van der Waals surface area contributed by atoms with Crippen LogP contribution in [0.5, 0.6) is 0 Å². The topological polar surface area (TPSA) is 28.2 Å². The van der Waals surface area contributed by atoms with E-state index in [2.05, 4.69) is 24.1 Å². The van der Waals surface area contributed by atoms with Gasteiger partial charge in [-0.15, -0.1) is 0 Å². The third-order valence-corrected chi connectivity index (χ3v) is 3.44. The van der Waals surface area contributed by atoms with E-state index in [-0.39, 0.29) is 11.6 Å². The van der Waals surface area contributed by atoms with Gasteiger partial charge in [-0.3, -0.25) is 0 Å². The highest BCUT2D eigenvalue weighted by molar-refractivity contribution is 5.49. The maximum Gasteiger partial charge on any atom is 0.168 e. The van der Waals surface area contributed by atoms with E-state index in [1.165, 1.54) is 0 Å². The highest BCUT2D eigenvalue weighted by atomic mass is 19.1. The maximum absolute atomic E-state index is 13.7. The van der Waals surface area contributed by atoms with Gasteiger partial charge in [-0.1, -0.05) is 13.8 Å². The van der Waals surface area contributed by atoms with Crippen LogP contribution in [0, 0.1) is 23.5 Å². The van der Waals surface area contributed by atoms with E-state index in [0.29, 0.717) is 11.8 Å². The lowest BCUT2D eigenvalue weighted by atomic mass is 10.0. The third-order valence-electron chi connectivity index (χ3n) is 3.44. The molecule has 3 nitrogen and oxygen atoms in total. The maximum atomic E-state index is 13.7. The van der Waals surface area contributed by atoms with Crippen molar-refractivity contribution in [2.45, 2.75) is 13.8 Å². The fourth-order valence-electron chi connectivity index (χ4n) is 2.16. The second kappa shape index (κ2) is 4.47. The Kier molecular flexibility index (Phi) is 3.17. The van der Waals surface area contributed by atoms with E-state index in [9.17, 15) is 8.78 Å². The molecule has 17 heavy (non-hydrogen) atoms. The van der Waals surface area contributed by atoms with Gasteiger partial charge in [0, 0.05) is 26.2 Å². The van der Waals surface area contributed by atoms with Crippen molar-refractivity contribution >= 4 is 11.6 Å². The van der Waals surface area contributed by atoms with E-state index >= 15 is 0 Å². The van der Waals surface area contributed by atoms with Crippen molar-refractivity contribution in [1.29, 1.82) is 0 Å². The summed E-state index contributed by atoms with van der Waals surface area (Å²) in [7, 11) is 1.57. The van der Waals surface area contributed by atoms with E-state index < -0.39 is 11.6 Å². The SMILES string of the molecule is CNc1nc(N2CC(C)C(C)C2)c(F)cc1F. The molecule has 0 spiro atoms. The molecule has 2 heterocycles. The lowest BCUT2D eigenvalue weighted by Gasteiger charge is -2.18. The molecule has 1 aromatic heterocycles. The molecule has 1 aliphatic rings. The van der Waals surface area contributed by atoms with Gasteiger partial charge < -0.3 is 10.2 Å². The molecular weight excluding hydrogens is 224 g/mol. The molecule has 5 heteroatoms. The van der Waals surface area contributed by atoms with E-state index in [0.717, 1.165) is 19.2 Å². The van der Waals surface area contributed by atoms with Gasteiger partial charge in [0.05, 0.1) is 0 Å². The average molecular weight is 241 g/mol. The van der Waals surface area contributed by atoms with Gasteiger partial charge in [-0.25, -0.2) is 13.8 Å². The average Bonchev–Trinajstić information content (AvgIpc) is 2.59. The Hall–Kier alpha value is -1.39. The van der Waals surface area contributed by atoms with Crippen LogP contribution in [-0.2, 0) is 0 Å². The number of aromatic nitrogens is 1. The Morgan fingerprint density at radius 3 is 2.35 bits per heavy atom. The summed E-state index contributed by atoms with van der Waals surface area (Å²) in [6, 6.07) is 0.891. The molecule has 2 atom stereocenters. The Morgan fingerprint density at radius 2 is 1.82 bits per heavy atom. The fourth-order valence-corrected chi connectivity index (χ4v) is 2.16. The van der Waals surface area contributed by atoms with Crippen molar-refractivity contribution in [2.24, 2.45) is 11.8 Å². The van der Waals surface area contributed by atoms with Crippen LogP contribution in [0.3, 0.4) is 0 Å². The van der Waals surface area contributed by atoms with Gasteiger partial charge in [0.25, 0.3) is 0 Å². The number of halogens is 2. The second-order valence-corrected chi connectivity index (χ2v) is 4.73. The Bertz CT molecular complexity index is 412. The van der Waals surface area contributed by atoms with E-state index in [1.807, 2.05) is 4.90 Å². The molecule has 1 N–H and O–H groups in total. The molecule has 0 bridgehead atoms. The van der Waals surface area contributed by atoms with Crippen LogP contribution in [0.25, 0.3) is 0 Å². The van der Waals surface area contributed by atoms with Crippen molar-refractivity contribution in [2.75, 3.05) is 30.4 Å². The van der Waals surface area contributed by atoms with Crippen LogP contribution in [-0.4, -0.2) is 25.1 Å². The molecular formula is C12H17F2N3. The number of nitrogens with one attached hydrogen (secondary N) is 1. The first-order valence-corrected chi connectivity index (χ1v) is 5.81. The lowest BCUT2D eigenvalue weighted by molar-refractivity contribution is 0.494. The first kappa shape index (κ1) is 12.1. The molecule has 1 aliphatic heterocycles. The number of hydrogen-bond acceptors (Lipinski definition) is 3. The molecule has 0 amide bonds. The summed E-state index contributed by atoms with van der Waals surface area (Å²) in [5.74, 6) is 0.0796. The zero-order chi connectivity index (χ0) is 12.6. The number of rotatable bonds is 2. The number of anilines is 2. The normalized spacial score (nSPS) is 24.2. The van der Waals surface area contributed by atoms with Gasteiger partial charge in [-0.05, 0) is 11.8 Å². The summed E-state index contributed by atoms with van der Waals surface area (Å²) in [5.41, 5.74) is 0. The summed E-state index contributed by atoms with van der Waals surface area (Å²) < 4.78 is 27.0. The predicted octanol–water partition coefficient (Wildman–Crippen LogP) is 2.49. The Morgan fingerprint density at radius 1 is 1.24 bits per heavy atom. The van der Waals surface area contributed by atoms with Crippen molar-refractivity contribution < 1.29 is 8.78 Å². The standard InChI is InChI=1S/C12H17F2N3/c1-7-5-17(6-8(7)2)12-10(14)4-9(13)11(15-3)16-12/h4,7-8H,5-6H2,1-3H3,(H,15,16). The van der Waals surface area contributed by atoms with Gasteiger partial charge >= 0.3 is 0 Å². The molecule has 1 fully saturated rings. The predicted molar refractivity (Wildman–Crippen MR) is 64.2 cm³/mol. The van der Waals surface area contributed by atoms with Crippen LogP contribution in [0.2, 0.25) is 0 Å². The molecule has 1 saturated heterocycles. The van der Waals surface area contributed by atoms with Gasteiger partial charge in [0.1, 0.15) is 0 Å². The monoisotopic (exact) mass is 241 g/mol. The minimum absolute atomic E-state index is 0.0913. The van der Waals surface area contributed by atoms with Crippen LogP contribution in [0.4, 0.5) is 20.4 Å². The summed E-state index contributed by atoms with van der Waals surface area (Å²) in [4.78, 5) is 5.89. The highest BCUT2D eigenvalue weighted by Gasteiger charge is 2.29. The largest absolute Gasteiger partial charge is 0.371 e. The van der Waals surface area contributed by atoms with Crippen LogP contribution < -0.4 is 10.2 Å². The van der Waals surface area contributed by atoms with Crippen molar-refractivity contribution in [1.82, 2.24) is 4.98 Å². The van der Waals surface area contributed by atoms with Crippen LogP contribution in [0.1, 0.15) is 13.8 Å². The van der Waals surface area contributed by atoms with Gasteiger partial charge in [-0.2, -0.15) is 0 Å². The van der Waals surface area contributed by atoms with Crippen LogP contribution in [0.15, 0.2) is 6.07 Å². The quantitative estimate of drug-likeness (QED) is 0.862. The van der Waals surface area contributed by atoms with Gasteiger partial charge in [0.15, 0.2) is 23.3 Å². The van der Waals surface area contributed by atoms with Gasteiger partial charge in [0.2, 0.25) is 0 Å². The summed E-state index contributed by atoms with van der Waals surface area (Å²) >= 11 is 0. The molecule has 1 aromatic rings. The molecule has 0 aromatic carbocycles. The zero-order valence-corrected chi connectivity index (χ0v) is 10.3. The molecule has 0 radical (unpaired) electrons. The lowest BCUT2D eigenvalue weighted by Crippen LogP contribution is -2.22. The van der Waals surface area contributed by atoms with E-state index in [1.54, 1.807) is 7.05 Å². The third kappa shape index (κ3) is 2.18. The molecule has 2 rings (SSSR count). The Labute approximate surface area is 99.8 Å². The molecule has 94 valence electrons. The summed E-state index contributed by atoms with van der Waals surface area (Å²) in [5, 5.41) is 2.63.